The lowest BCUT2D eigenvalue weighted by Crippen LogP contribution is -2.50. The highest BCUT2D eigenvalue weighted by Crippen LogP contribution is 2.37. The maximum absolute atomic E-state index is 14.8. The Balaban J connectivity index is 0.000000557. The van der Waals surface area contributed by atoms with Crippen LogP contribution < -0.4 is 15.8 Å². The second kappa shape index (κ2) is 14.0. The van der Waals surface area contributed by atoms with Crippen LogP contribution in [0.1, 0.15) is 10.4 Å². The van der Waals surface area contributed by atoms with Crippen molar-refractivity contribution in [2.75, 3.05) is 31.9 Å². The molecule has 4 rings (SSSR count). The Morgan fingerprint density at radius 3 is 2.00 bits per heavy atom. The molecule has 8 N–H and O–H groups in total. The van der Waals surface area contributed by atoms with Crippen LogP contribution in [0.5, 0.6) is 5.88 Å². The molecule has 0 aliphatic carbocycles. The van der Waals surface area contributed by atoms with E-state index in [0.29, 0.717) is 0 Å². The van der Waals surface area contributed by atoms with Crippen LogP contribution in [0.15, 0.2) is 54.7 Å². The fourth-order valence-electron chi connectivity index (χ4n) is 3.37. The first-order chi connectivity index (χ1) is 20.3. The predicted octanol–water partition coefficient (Wildman–Crippen LogP) is 1.92. The molecule has 0 saturated heterocycles. The Labute approximate surface area is 240 Å². The molecule has 0 saturated carbocycles. The number of nitrogens with zero attached hydrogens (tertiary/aromatic N) is 2. The molecule has 2 aromatic carbocycles. The number of aromatic nitrogens is 2. The minimum atomic E-state index is -4.93. The second-order valence-electron chi connectivity index (χ2n) is 8.76. The summed E-state index contributed by atoms with van der Waals surface area (Å²) in [5, 5.41) is 30.7. The molecular weight excluding hydrogens is 607 g/mol. The Morgan fingerprint density at radius 1 is 0.930 bits per heavy atom. The van der Waals surface area contributed by atoms with E-state index < -0.39 is 91.8 Å². The Hall–Kier alpha value is -3.93. The Bertz CT molecular complexity index is 1600. The molecule has 0 aliphatic heterocycles. The van der Waals surface area contributed by atoms with Gasteiger partial charge in [0.05, 0.1) is 36.4 Å². The van der Waals surface area contributed by atoms with E-state index >= 15 is 0 Å². The summed E-state index contributed by atoms with van der Waals surface area (Å²) in [6.07, 6.45) is 1.37. The molecule has 0 spiro atoms. The number of phosphoric ester groups is 1. The Morgan fingerprint density at radius 2 is 1.49 bits per heavy atom. The minimum Gasteiger partial charge on any atom is -0.448 e. The van der Waals surface area contributed by atoms with Crippen LogP contribution in [0.3, 0.4) is 0 Å². The number of phosphoric acid groups is 1. The van der Waals surface area contributed by atoms with Gasteiger partial charge in [-0.1, -0.05) is 36.4 Å². The monoisotopic (exact) mass is 632 g/mol. The number of pyridine rings is 1. The zero-order valence-corrected chi connectivity index (χ0v) is 22.7. The average molecular weight is 632 g/mol. The van der Waals surface area contributed by atoms with Gasteiger partial charge in [-0.25, -0.2) is 31.2 Å². The maximum atomic E-state index is 14.8. The number of carbonyl (C=O) groups is 1. The van der Waals surface area contributed by atoms with Crippen molar-refractivity contribution in [1.82, 2.24) is 9.61 Å². The second-order valence-corrected chi connectivity index (χ2v) is 9.99. The van der Waals surface area contributed by atoms with E-state index in [-0.39, 0.29) is 11.1 Å². The highest BCUT2D eigenvalue weighted by Gasteiger charge is 2.30. The largest absolute Gasteiger partial charge is 0.472 e. The number of amides is 1. The average Bonchev–Trinajstić information content (AvgIpc) is 3.36. The number of nitrogens with two attached hydrogens (primary N) is 1. The number of aliphatic hydroxyl groups is 3. The number of anilines is 1. The minimum absolute atomic E-state index is 0.0406. The summed E-state index contributed by atoms with van der Waals surface area (Å²) in [4.78, 5) is 30.5. The van der Waals surface area contributed by atoms with E-state index in [9.17, 15) is 26.9 Å². The number of nitrogens with one attached hydrogen (secondary N) is 1. The smallest absolute Gasteiger partial charge is 0.448 e. The molecule has 18 heteroatoms. The Kier molecular flexibility index (Phi) is 11.0. The van der Waals surface area contributed by atoms with Gasteiger partial charge in [-0.3, -0.25) is 4.79 Å². The molecule has 0 aliphatic rings. The lowest BCUT2D eigenvalue weighted by atomic mass is 10.0. The van der Waals surface area contributed by atoms with Gasteiger partial charge in [-0.15, -0.1) is 5.10 Å². The molecule has 4 aromatic rings. The summed E-state index contributed by atoms with van der Waals surface area (Å²) in [7, 11) is -4.93. The number of benzene rings is 2. The van der Waals surface area contributed by atoms with E-state index in [1.54, 1.807) is 11.4 Å². The van der Waals surface area contributed by atoms with Gasteiger partial charge in [0, 0.05) is 6.20 Å². The van der Waals surface area contributed by atoms with Crippen molar-refractivity contribution in [1.29, 1.82) is 0 Å². The molecule has 0 bridgehead atoms. The highest BCUT2D eigenvalue weighted by atomic mass is 31.2. The number of halogens is 4. The third-order valence-electron chi connectivity index (χ3n) is 5.66. The SMILES string of the molecule is NC(CO)(CO)CO.O=C(Nc1c(F)c(F)c(-c2ccccc2)c(F)c1F)c1c(OCOP(=O)(O)O)nn2ccccc12. The number of ether oxygens (including phenoxy) is 1. The standard InChI is InChI=1S/C21H14F4N3O6P.C4H11NO3/c22-15-13(11-6-2-1-3-7-11)16(23)18(25)19(17(15)24)26-20(29)14-12-8-4-5-9-28(12)27-21(14)33-10-34-35(30,31)32;5-4(1-6,2-7)3-8/h1-9H,10H2,(H,26,29)(H2,30,31,32);6-8H,1-3,5H2. The summed E-state index contributed by atoms with van der Waals surface area (Å²) < 4.78 is 80.1. The fourth-order valence-corrected chi connectivity index (χ4v) is 3.56. The van der Waals surface area contributed by atoms with Gasteiger partial charge in [0.2, 0.25) is 12.7 Å². The molecule has 2 aromatic heterocycles. The topological polar surface area (TPSA) is 209 Å². The number of carbonyl (C=O) groups excluding carboxylic acids is 1. The molecule has 1 amide bonds. The molecule has 13 nitrogen and oxygen atoms in total. The van der Waals surface area contributed by atoms with Crippen LogP contribution in [0.25, 0.3) is 16.6 Å². The summed E-state index contributed by atoms with van der Waals surface area (Å²) in [5.41, 5.74) is 1.06. The number of rotatable bonds is 10. The van der Waals surface area contributed by atoms with Gasteiger partial charge in [0.1, 0.15) is 11.3 Å². The van der Waals surface area contributed by atoms with Gasteiger partial charge in [0.25, 0.3) is 5.91 Å². The zero-order chi connectivity index (χ0) is 31.9. The predicted molar refractivity (Wildman–Crippen MR) is 142 cm³/mol. The van der Waals surface area contributed by atoms with E-state index in [2.05, 4.69) is 9.62 Å². The van der Waals surface area contributed by atoms with E-state index in [4.69, 9.17) is 35.6 Å². The van der Waals surface area contributed by atoms with E-state index in [0.717, 1.165) is 4.52 Å². The molecule has 43 heavy (non-hydrogen) atoms. The molecule has 0 radical (unpaired) electrons. The third kappa shape index (κ3) is 7.92. The maximum Gasteiger partial charge on any atom is 0.472 e. The number of fused-ring (bicyclic) bond motifs is 1. The lowest BCUT2D eigenvalue weighted by Gasteiger charge is -2.20. The number of aliphatic hydroxyl groups excluding tert-OH is 3. The summed E-state index contributed by atoms with van der Waals surface area (Å²) in [6.45, 7) is -2.24. The fraction of sp³-hybridized carbons (Fsp3) is 0.200. The van der Waals surface area contributed by atoms with Crippen molar-refractivity contribution in [3.05, 3.63) is 83.6 Å². The lowest BCUT2D eigenvalue weighted by molar-refractivity contribution is 0.0697. The first-order valence-electron chi connectivity index (χ1n) is 11.9. The third-order valence-corrected chi connectivity index (χ3v) is 6.10. The molecule has 0 unspecified atom stereocenters. The van der Waals surface area contributed by atoms with E-state index in [1.165, 1.54) is 48.7 Å². The molecular formula is C25H25F4N4O9P. The molecule has 232 valence electrons. The van der Waals surface area contributed by atoms with Crippen molar-refractivity contribution < 1.29 is 61.3 Å². The number of hydrogen-bond acceptors (Lipinski definition) is 9. The first-order valence-corrected chi connectivity index (χ1v) is 13.4. The van der Waals surface area contributed by atoms with Crippen LogP contribution >= 0.6 is 7.82 Å². The molecule has 0 atom stereocenters. The van der Waals surface area contributed by atoms with Crippen LogP contribution in [0, 0.1) is 23.3 Å². The summed E-state index contributed by atoms with van der Waals surface area (Å²) in [5.74, 6) is -8.96. The number of hydrogen-bond donors (Lipinski definition) is 7. The first kappa shape index (κ1) is 33.6. The van der Waals surface area contributed by atoms with E-state index in [1.807, 2.05) is 0 Å². The van der Waals surface area contributed by atoms with Crippen molar-refractivity contribution in [2.24, 2.45) is 5.73 Å². The van der Waals surface area contributed by atoms with Crippen LogP contribution in [0.4, 0.5) is 23.2 Å². The highest BCUT2D eigenvalue weighted by molar-refractivity contribution is 7.46. The van der Waals surface area contributed by atoms with Gasteiger partial charge in [-0.05, 0) is 17.7 Å². The van der Waals surface area contributed by atoms with Crippen LogP contribution in [0.2, 0.25) is 0 Å². The van der Waals surface area contributed by atoms with Crippen molar-refractivity contribution in [3.63, 3.8) is 0 Å². The summed E-state index contributed by atoms with van der Waals surface area (Å²) >= 11 is 0. The van der Waals surface area contributed by atoms with Gasteiger partial charge < -0.3 is 40.9 Å². The van der Waals surface area contributed by atoms with Crippen molar-refractivity contribution >= 4 is 24.9 Å². The van der Waals surface area contributed by atoms with Gasteiger partial charge in [0.15, 0.2) is 23.3 Å². The van der Waals surface area contributed by atoms with Gasteiger partial charge >= 0.3 is 7.82 Å². The van der Waals surface area contributed by atoms with Gasteiger partial charge in [-0.2, -0.15) is 0 Å². The van der Waals surface area contributed by atoms with Crippen molar-refractivity contribution in [3.8, 4) is 17.0 Å². The van der Waals surface area contributed by atoms with Crippen molar-refractivity contribution in [2.45, 2.75) is 5.54 Å². The normalized spacial score (nSPS) is 11.7. The van der Waals surface area contributed by atoms with Crippen LogP contribution in [-0.4, -0.2) is 72.8 Å². The quantitative estimate of drug-likeness (QED) is 0.0581. The molecule has 0 fully saturated rings. The van der Waals surface area contributed by atoms with Crippen LogP contribution in [-0.2, 0) is 9.09 Å². The summed E-state index contributed by atoms with van der Waals surface area (Å²) in [6, 6.07) is 11.3. The zero-order valence-electron chi connectivity index (χ0n) is 21.8. The molecule has 2 heterocycles.